The normalized spacial score (nSPS) is 26.0. The third-order valence-corrected chi connectivity index (χ3v) is 7.33. The first-order valence-corrected chi connectivity index (χ1v) is 9.54. The molecule has 2 aromatic carbocycles. The maximum absolute atomic E-state index is 13.2. The number of sulfone groups is 1. The number of benzene rings is 2. The van der Waals surface area contributed by atoms with Gasteiger partial charge in [-0.05, 0) is 17.7 Å². The summed E-state index contributed by atoms with van der Waals surface area (Å²) in [5.41, 5.74) is 6.03. The van der Waals surface area contributed by atoms with Gasteiger partial charge in [0.15, 0.2) is 9.84 Å². The van der Waals surface area contributed by atoms with E-state index in [1.54, 1.807) is 30.3 Å². The molecule has 2 N–H and O–H groups in total. The molecule has 0 amide bonds. The topological polar surface area (TPSA) is 69.4 Å². The molecule has 4 nitrogen and oxygen atoms in total. The van der Waals surface area contributed by atoms with Crippen LogP contribution in [0.15, 0.2) is 65.6 Å². The van der Waals surface area contributed by atoms with E-state index in [1.807, 2.05) is 30.3 Å². The van der Waals surface area contributed by atoms with Crippen LogP contribution in [-0.2, 0) is 14.6 Å². The van der Waals surface area contributed by atoms with Gasteiger partial charge in [0.1, 0.15) is 0 Å². The maximum Gasteiger partial charge on any atom is 0.182 e. The van der Waals surface area contributed by atoms with Crippen LogP contribution in [0.5, 0.6) is 0 Å². The van der Waals surface area contributed by atoms with Crippen LogP contribution in [-0.4, -0.2) is 32.4 Å². The van der Waals surface area contributed by atoms with Crippen LogP contribution in [0.25, 0.3) is 0 Å². The Hall–Kier alpha value is -1.76. The van der Waals surface area contributed by atoms with E-state index in [0.29, 0.717) is 0 Å². The lowest BCUT2D eigenvalue weighted by Gasteiger charge is -2.16. The van der Waals surface area contributed by atoms with Gasteiger partial charge in [0.25, 0.3) is 0 Å². The number of rotatable bonds is 6. The standard InChI is InChI=1S/C18H19NO3S2/c1-22-12-18(17(19)23)15(13-8-4-2-5-9-13)16(18)24(20,21)14-10-6-3-7-11-14/h2-11,15-16H,12H2,1H3,(H2,19,23)/t15-,16-,18-/m0/s1. The largest absolute Gasteiger partial charge is 0.393 e. The Kier molecular flexibility index (Phi) is 4.46. The molecule has 0 radical (unpaired) electrons. The van der Waals surface area contributed by atoms with Crippen molar-refractivity contribution < 1.29 is 13.2 Å². The second-order valence-electron chi connectivity index (χ2n) is 6.00. The average Bonchev–Trinajstić information content (AvgIpc) is 3.28. The molecule has 3 rings (SSSR count). The van der Waals surface area contributed by atoms with Crippen molar-refractivity contribution in [3.05, 3.63) is 66.2 Å². The number of methoxy groups -OCH3 is 1. The summed E-state index contributed by atoms with van der Waals surface area (Å²) in [6.45, 7) is 0.179. The number of hydrogen-bond acceptors (Lipinski definition) is 4. The number of ether oxygens (including phenoxy) is 1. The predicted octanol–water partition coefficient (Wildman–Crippen LogP) is 2.55. The molecular weight excluding hydrogens is 342 g/mol. The first kappa shape index (κ1) is 17.1. The Bertz CT molecular complexity index is 837. The molecular formula is C18H19NO3S2. The van der Waals surface area contributed by atoms with Crippen molar-refractivity contribution >= 4 is 27.0 Å². The Morgan fingerprint density at radius 2 is 1.67 bits per heavy atom. The minimum absolute atomic E-state index is 0.179. The highest BCUT2D eigenvalue weighted by atomic mass is 32.2. The zero-order valence-electron chi connectivity index (χ0n) is 13.3. The predicted molar refractivity (Wildman–Crippen MR) is 97.7 cm³/mol. The molecule has 6 heteroatoms. The Labute approximate surface area is 147 Å². The summed E-state index contributed by atoms with van der Waals surface area (Å²) >= 11 is 5.27. The fourth-order valence-corrected chi connectivity index (χ4v) is 6.32. The molecule has 0 aromatic heterocycles. The highest BCUT2D eigenvalue weighted by Gasteiger charge is 2.73. The molecule has 0 spiro atoms. The number of nitrogens with two attached hydrogens (primary N) is 1. The zero-order chi connectivity index (χ0) is 17.4. The van der Waals surface area contributed by atoms with Crippen LogP contribution < -0.4 is 5.73 Å². The number of hydrogen-bond donors (Lipinski definition) is 1. The summed E-state index contributed by atoms with van der Waals surface area (Å²) in [6.07, 6.45) is 0. The van der Waals surface area contributed by atoms with E-state index in [-0.39, 0.29) is 22.4 Å². The molecule has 3 atom stereocenters. The summed E-state index contributed by atoms with van der Waals surface area (Å²) in [7, 11) is -2.05. The lowest BCUT2D eigenvalue weighted by Crippen LogP contribution is -2.33. The van der Waals surface area contributed by atoms with Crippen LogP contribution in [0.2, 0.25) is 0 Å². The van der Waals surface area contributed by atoms with Crippen LogP contribution in [0, 0.1) is 5.41 Å². The van der Waals surface area contributed by atoms with E-state index in [9.17, 15) is 8.42 Å². The quantitative estimate of drug-likeness (QED) is 0.801. The molecule has 0 saturated heterocycles. The molecule has 0 heterocycles. The highest BCUT2D eigenvalue weighted by molar-refractivity contribution is 7.92. The van der Waals surface area contributed by atoms with Crippen molar-refractivity contribution in [3.8, 4) is 0 Å². The van der Waals surface area contributed by atoms with E-state index in [4.69, 9.17) is 22.7 Å². The first-order chi connectivity index (χ1) is 11.5. The molecule has 24 heavy (non-hydrogen) atoms. The second kappa shape index (κ2) is 6.27. The SMILES string of the molecule is COC[C@]1(C(N)=S)[C@@H](c2ccccc2)[C@@H]1S(=O)(=O)c1ccccc1. The Morgan fingerprint density at radius 3 is 2.17 bits per heavy atom. The van der Waals surface area contributed by atoms with Crippen molar-refractivity contribution in [2.24, 2.45) is 11.1 Å². The van der Waals surface area contributed by atoms with Crippen LogP contribution in [0.3, 0.4) is 0 Å². The lowest BCUT2D eigenvalue weighted by molar-refractivity contribution is 0.166. The van der Waals surface area contributed by atoms with Crippen molar-refractivity contribution in [1.29, 1.82) is 0 Å². The highest BCUT2D eigenvalue weighted by Crippen LogP contribution is 2.64. The van der Waals surface area contributed by atoms with Gasteiger partial charge in [-0.25, -0.2) is 8.42 Å². The molecule has 1 aliphatic rings. The molecule has 2 aromatic rings. The van der Waals surface area contributed by atoms with Gasteiger partial charge in [0.2, 0.25) is 0 Å². The summed E-state index contributed by atoms with van der Waals surface area (Å²) in [5, 5.41) is -0.716. The monoisotopic (exact) mass is 361 g/mol. The molecule has 1 saturated carbocycles. The van der Waals surface area contributed by atoms with Crippen molar-refractivity contribution in [3.63, 3.8) is 0 Å². The fraction of sp³-hybridized carbons (Fsp3) is 0.278. The van der Waals surface area contributed by atoms with Gasteiger partial charge in [0, 0.05) is 13.0 Å². The van der Waals surface area contributed by atoms with Crippen LogP contribution in [0.1, 0.15) is 11.5 Å². The number of thiocarbonyl (C=S) groups is 1. The molecule has 126 valence electrons. The Morgan fingerprint density at radius 1 is 1.12 bits per heavy atom. The second-order valence-corrected chi connectivity index (χ2v) is 8.51. The minimum Gasteiger partial charge on any atom is -0.393 e. The van der Waals surface area contributed by atoms with Crippen molar-refractivity contribution in [1.82, 2.24) is 0 Å². The van der Waals surface area contributed by atoms with Gasteiger partial charge >= 0.3 is 0 Å². The Balaban J connectivity index is 2.12. The van der Waals surface area contributed by atoms with Gasteiger partial charge < -0.3 is 10.5 Å². The van der Waals surface area contributed by atoms with E-state index in [0.717, 1.165) is 5.56 Å². The van der Waals surface area contributed by atoms with Crippen molar-refractivity contribution in [2.45, 2.75) is 16.1 Å². The van der Waals surface area contributed by atoms with Gasteiger partial charge in [-0.2, -0.15) is 0 Å². The average molecular weight is 361 g/mol. The van der Waals surface area contributed by atoms with E-state index < -0.39 is 20.5 Å². The van der Waals surface area contributed by atoms with E-state index >= 15 is 0 Å². The summed E-state index contributed by atoms with van der Waals surface area (Å²) < 4.78 is 31.7. The maximum atomic E-state index is 13.2. The third-order valence-electron chi connectivity index (χ3n) is 4.66. The van der Waals surface area contributed by atoms with Gasteiger partial charge in [-0.15, -0.1) is 0 Å². The van der Waals surface area contributed by atoms with Gasteiger partial charge in [-0.3, -0.25) is 0 Å². The van der Waals surface area contributed by atoms with Gasteiger partial charge in [-0.1, -0.05) is 60.7 Å². The van der Waals surface area contributed by atoms with Crippen molar-refractivity contribution in [2.75, 3.05) is 13.7 Å². The molecule has 1 aliphatic carbocycles. The summed E-state index contributed by atoms with van der Waals surface area (Å²) in [6, 6.07) is 17.9. The smallest absolute Gasteiger partial charge is 0.182 e. The van der Waals surface area contributed by atoms with Crippen LogP contribution in [0.4, 0.5) is 0 Å². The molecule has 0 bridgehead atoms. The summed E-state index contributed by atoms with van der Waals surface area (Å²) in [5.74, 6) is -0.304. The summed E-state index contributed by atoms with van der Waals surface area (Å²) in [4.78, 5) is 0.466. The molecule has 0 aliphatic heterocycles. The first-order valence-electron chi connectivity index (χ1n) is 7.59. The van der Waals surface area contributed by atoms with Crippen LogP contribution >= 0.6 is 12.2 Å². The third kappa shape index (κ3) is 2.55. The van der Waals surface area contributed by atoms with E-state index in [2.05, 4.69) is 0 Å². The fourth-order valence-electron chi connectivity index (χ4n) is 3.53. The molecule has 0 unspecified atom stereocenters. The minimum atomic E-state index is -3.59. The van der Waals surface area contributed by atoms with Gasteiger partial charge in [0.05, 0.1) is 27.2 Å². The zero-order valence-corrected chi connectivity index (χ0v) is 14.9. The molecule has 1 fully saturated rings. The lowest BCUT2D eigenvalue weighted by atomic mass is 10.00. The van der Waals surface area contributed by atoms with E-state index in [1.165, 1.54) is 7.11 Å².